The summed E-state index contributed by atoms with van der Waals surface area (Å²) >= 11 is 0. The molecule has 0 aliphatic heterocycles. The van der Waals surface area contributed by atoms with Crippen LogP contribution in [0.1, 0.15) is 75.1 Å². The fourth-order valence-electron chi connectivity index (χ4n) is 2.91. The third kappa shape index (κ3) is 4.50. The molecule has 0 atom stereocenters. The van der Waals surface area contributed by atoms with Gasteiger partial charge in [-0.15, -0.1) is 0 Å². The van der Waals surface area contributed by atoms with Crippen molar-refractivity contribution in [1.82, 2.24) is 4.98 Å². The quantitative estimate of drug-likeness (QED) is 0.742. The molecular formula is C21H28FNO2. The van der Waals surface area contributed by atoms with Crippen molar-refractivity contribution in [2.24, 2.45) is 0 Å². The smallest absolute Gasteiger partial charge is 0.191 e. The Morgan fingerprint density at radius 2 is 1.56 bits per heavy atom. The molecule has 0 radical (unpaired) electrons. The van der Waals surface area contributed by atoms with Crippen LogP contribution in [0.25, 0.3) is 0 Å². The standard InChI is InChI=1S/C21H28FNO2/c1-20(2,3)14-11-13(12-15(19(14)25)21(4,5)6)7-9-17(24)16-8-10-18(22)23-16/h8,10-12,23,25H,7,9H2,1-6H3. The topological polar surface area (TPSA) is 53.1 Å². The largest absolute Gasteiger partial charge is 0.507 e. The molecule has 0 unspecified atom stereocenters. The summed E-state index contributed by atoms with van der Waals surface area (Å²) in [5, 5.41) is 10.7. The zero-order valence-electron chi connectivity index (χ0n) is 16.0. The van der Waals surface area contributed by atoms with Gasteiger partial charge in [-0.2, -0.15) is 4.39 Å². The minimum atomic E-state index is -0.502. The number of halogens is 1. The highest BCUT2D eigenvalue weighted by atomic mass is 19.1. The number of aromatic amines is 1. The monoisotopic (exact) mass is 345 g/mol. The Morgan fingerprint density at radius 3 is 1.96 bits per heavy atom. The van der Waals surface area contributed by atoms with E-state index in [9.17, 15) is 14.3 Å². The molecule has 2 aromatic rings. The number of carbonyl (C=O) groups is 1. The Hall–Kier alpha value is -2.10. The van der Waals surface area contributed by atoms with E-state index in [4.69, 9.17) is 0 Å². The van der Waals surface area contributed by atoms with Crippen LogP contribution in [0.3, 0.4) is 0 Å². The lowest BCUT2D eigenvalue weighted by Crippen LogP contribution is -2.18. The third-order valence-electron chi connectivity index (χ3n) is 4.38. The van der Waals surface area contributed by atoms with Gasteiger partial charge in [0.2, 0.25) is 0 Å². The number of H-pyrrole nitrogens is 1. The van der Waals surface area contributed by atoms with Gasteiger partial charge in [-0.1, -0.05) is 53.7 Å². The molecule has 3 nitrogen and oxygen atoms in total. The van der Waals surface area contributed by atoms with Crippen molar-refractivity contribution in [2.45, 2.75) is 65.2 Å². The predicted octanol–water partition coefficient (Wildman–Crippen LogP) is 5.27. The van der Waals surface area contributed by atoms with Crippen LogP contribution in [0, 0.1) is 5.95 Å². The van der Waals surface area contributed by atoms with Crippen LogP contribution in [0.4, 0.5) is 4.39 Å². The van der Waals surface area contributed by atoms with Crippen LogP contribution in [-0.4, -0.2) is 15.9 Å². The van der Waals surface area contributed by atoms with Crippen LogP contribution >= 0.6 is 0 Å². The summed E-state index contributed by atoms with van der Waals surface area (Å²) in [6.07, 6.45) is 0.837. The lowest BCUT2D eigenvalue weighted by Gasteiger charge is -2.28. The molecular weight excluding hydrogens is 317 g/mol. The van der Waals surface area contributed by atoms with Gasteiger partial charge in [0.15, 0.2) is 11.7 Å². The average molecular weight is 345 g/mol. The maximum Gasteiger partial charge on any atom is 0.191 e. The molecule has 0 aliphatic carbocycles. The molecule has 1 aromatic carbocycles. The summed E-state index contributed by atoms with van der Waals surface area (Å²) in [7, 11) is 0. The van der Waals surface area contributed by atoms with E-state index in [1.807, 2.05) is 12.1 Å². The van der Waals surface area contributed by atoms with Gasteiger partial charge in [0.1, 0.15) is 5.75 Å². The number of aromatic hydroxyl groups is 1. The van der Waals surface area contributed by atoms with Crippen LogP contribution < -0.4 is 0 Å². The zero-order valence-corrected chi connectivity index (χ0v) is 16.0. The number of hydrogen-bond donors (Lipinski definition) is 2. The van der Waals surface area contributed by atoms with E-state index in [0.717, 1.165) is 16.7 Å². The van der Waals surface area contributed by atoms with Gasteiger partial charge in [-0.3, -0.25) is 4.79 Å². The molecule has 0 bridgehead atoms. The minimum absolute atomic E-state index is 0.119. The maximum absolute atomic E-state index is 13.0. The number of aromatic nitrogens is 1. The summed E-state index contributed by atoms with van der Waals surface area (Å²) in [5.74, 6) is -0.286. The van der Waals surface area contributed by atoms with Gasteiger partial charge in [0.05, 0.1) is 5.69 Å². The van der Waals surface area contributed by atoms with E-state index >= 15 is 0 Å². The molecule has 0 spiro atoms. The van der Waals surface area contributed by atoms with Crippen LogP contribution in [0.5, 0.6) is 5.75 Å². The first kappa shape index (κ1) is 19.2. The van der Waals surface area contributed by atoms with Gasteiger partial charge >= 0.3 is 0 Å². The second kappa shape index (κ2) is 6.66. The molecule has 0 amide bonds. The second-order valence-electron chi connectivity index (χ2n) is 8.68. The van der Waals surface area contributed by atoms with Gasteiger partial charge < -0.3 is 10.1 Å². The molecule has 0 saturated heterocycles. The first-order chi connectivity index (χ1) is 11.4. The SMILES string of the molecule is CC(C)(C)c1cc(CCC(=O)c2ccc(F)[nH]2)cc(C(C)(C)C)c1O. The number of ketones is 1. The van der Waals surface area contributed by atoms with Crippen molar-refractivity contribution in [3.05, 3.63) is 52.6 Å². The normalized spacial score (nSPS) is 12.4. The Kier molecular flexibility index (Phi) is 5.12. The van der Waals surface area contributed by atoms with Crippen LogP contribution in [0.15, 0.2) is 24.3 Å². The number of phenolic OH excluding ortho intramolecular Hbond substituents is 1. The van der Waals surface area contributed by atoms with Crippen molar-refractivity contribution in [1.29, 1.82) is 0 Å². The number of rotatable bonds is 4. The summed E-state index contributed by atoms with van der Waals surface area (Å²) < 4.78 is 13.0. The average Bonchev–Trinajstić information content (AvgIpc) is 2.90. The molecule has 0 fully saturated rings. The van der Waals surface area contributed by atoms with Gasteiger partial charge in [0, 0.05) is 6.42 Å². The molecule has 1 aromatic heterocycles. The number of Topliss-reactive ketones (excluding diaryl/α,β-unsaturated/α-hetero) is 1. The summed E-state index contributed by atoms with van der Waals surface area (Å²) in [4.78, 5) is 14.7. The highest BCUT2D eigenvalue weighted by molar-refractivity contribution is 5.94. The number of benzene rings is 1. The number of nitrogens with one attached hydrogen (secondary N) is 1. The predicted molar refractivity (Wildman–Crippen MR) is 98.9 cm³/mol. The lowest BCUT2D eigenvalue weighted by molar-refractivity contribution is 0.0978. The molecule has 136 valence electrons. The minimum Gasteiger partial charge on any atom is -0.507 e. The van der Waals surface area contributed by atoms with Crippen molar-refractivity contribution >= 4 is 5.78 Å². The van der Waals surface area contributed by atoms with Gasteiger partial charge in [-0.25, -0.2) is 0 Å². The first-order valence-electron chi connectivity index (χ1n) is 8.64. The fourth-order valence-corrected chi connectivity index (χ4v) is 2.91. The maximum atomic E-state index is 13.0. The third-order valence-corrected chi connectivity index (χ3v) is 4.38. The Morgan fingerprint density at radius 1 is 1.04 bits per heavy atom. The van der Waals surface area contributed by atoms with E-state index < -0.39 is 5.95 Å². The molecule has 2 N–H and O–H groups in total. The number of phenols is 1. The van der Waals surface area contributed by atoms with Crippen LogP contribution in [0.2, 0.25) is 0 Å². The van der Waals surface area contributed by atoms with E-state index in [0.29, 0.717) is 17.9 Å². The summed E-state index contributed by atoms with van der Waals surface area (Å²) in [6, 6.07) is 6.68. The number of aryl methyl sites for hydroxylation is 1. The summed E-state index contributed by atoms with van der Waals surface area (Å²) in [5.41, 5.74) is 2.66. The van der Waals surface area contributed by atoms with Crippen LogP contribution in [-0.2, 0) is 17.3 Å². The molecule has 2 rings (SSSR count). The van der Waals surface area contributed by atoms with E-state index in [-0.39, 0.29) is 23.0 Å². The molecule has 0 aliphatic rings. The van der Waals surface area contributed by atoms with Crippen molar-refractivity contribution in [3.8, 4) is 5.75 Å². The highest BCUT2D eigenvalue weighted by Gasteiger charge is 2.26. The molecule has 25 heavy (non-hydrogen) atoms. The molecule has 1 heterocycles. The highest BCUT2D eigenvalue weighted by Crippen LogP contribution is 2.40. The van der Waals surface area contributed by atoms with Gasteiger partial charge in [-0.05, 0) is 46.1 Å². The van der Waals surface area contributed by atoms with Gasteiger partial charge in [0.25, 0.3) is 0 Å². The summed E-state index contributed by atoms with van der Waals surface area (Å²) in [6.45, 7) is 12.4. The Bertz CT molecular complexity index is 741. The Balaban J connectivity index is 2.33. The number of hydrogen-bond acceptors (Lipinski definition) is 2. The fraction of sp³-hybridized carbons (Fsp3) is 0.476. The second-order valence-corrected chi connectivity index (χ2v) is 8.68. The van der Waals surface area contributed by atoms with Crippen molar-refractivity contribution in [3.63, 3.8) is 0 Å². The lowest BCUT2D eigenvalue weighted by atomic mass is 9.78. The molecule has 0 saturated carbocycles. The zero-order chi connectivity index (χ0) is 19.0. The Labute approximate surface area is 149 Å². The first-order valence-corrected chi connectivity index (χ1v) is 8.64. The van der Waals surface area contributed by atoms with E-state index in [2.05, 4.69) is 46.5 Å². The number of carbonyl (C=O) groups excluding carboxylic acids is 1. The molecule has 4 heteroatoms. The van der Waals surface area contributed by atoms with E-state index in [1.54, 1.807) is 0 Å². The van der Waals surface area contributed by atoms with Crippen molar-refractivity contribution < 1.29 is 14.3 Å². The van der Waals surface area contributed by atoms with Crippen molar-refractivity contribution in [2.75, 3.05) is 0 Å². The van der Waals surface area contributed by atoms with E-state index in [1.165, 1.54) is 12.1 Å².